The summed E-state index contributed by atoms with van der Waals surface area (Å²) in [6.45, 7) is 3.86. The lowest BCUT2D eigenvalue weighted by atomic mass is 9.63. The zero-order valence-electron chi connectivity index (χ0n) is 12.6. The number of carbonyl (C=O) groups is 1. The molecule has 2 heterocycles. The summed E-state index contributed by atoms with van der Waals surface area (Å²) in [4.78, 5) is 22.0. The minimum atomic E-state index is 0.00307. The predicted octanol–water partition coefficient (Wildman–Crippen LogP) is 2.08. The summed E-state index contributed by atoms with van der Waals surface area (Å²) < 4.78 is 5.19. The lowest BCUT2D eigenvalue weighted by molar-refractivity contribution is 0.0713. The van der Waals surface area contributed by atoms with E-state index >= 15 is 0 Å². The van der Waals surface area contributed by atoms with Crippen molar-refractivity contribution < 1.29 is 9.53 Å². The number of piperidine rings is 1. The number of carbonyl (C=O) groups excluding carboxylic acids is 1. The van der Waals surface area contributed by atoms with Crippen molar-refractivity contribution in [2.75, 3.05) is 20.2 Å². The average Bonchev–Trinajstić information content (AvgIpc) is 2.97. The fraction of sp³-hybridized carbons (Fsp3) is 0.467. The van der Waals surface area contributed by atoms with Gasteiger partial charge in [-0.3, -0.25) is 4.79 Å². The highest BCUT2D eigenvalue weighted by Crippen LogP contribution is 2.23. The lowest BCUT2D eigenvalue weighted by Crippen LogP contribution is -2.39. The van der Waals surface area contributed by atoms with Gasteiger partial charge in [-0.25, -0.2) is 4.98 Å². The molecule has 110 valence electrons. The molecule has 6 heteroatoms. The summed E-state index contributed by atoms with van der Waals surface area (Å²) in [5, 5.41) is 0. The van der Waals surface area contributed by atoms with Gasteiger partial charge in [0.05, 0.1) is 18.1 Å². The van der Waals surface area contributed by atoms with Crippen LogP contribution in [0, 0.1) is 0 Å². The number of aromatic nitrogens is 2. The Balaban J connectivity index is 1.84. The van der Waals surface area contributed by atoms with Crippen LogP contribution in [0.5, 0.6) is 5.75 Å². The number of hydrogen-bond donors (Lipinski definition) is 1. The molecule has 1 aliphatic heterocycles. The Labute approximate surface area is 124 Å². The van der Waals surface area contributed by atoms with Gasteiger partial charge in [0.1, 0.15) is 13.0 Å². The number of nitrogens with one attached hydrogen (secondary N) is 1. The molecular formula is C15H20BN3O2. The van der Waals surface area contributed by atoms with Crippen molar-refractivity contribution in [1.82, 2.24) is 14.9 Å². The standard InChI is InChI=1S/C15H20BN3O2/c1-16-10-4-3-7-19(9-10)15(20)14-17-12-6-5-11(21-2)8-13(12)18-14/h5-6,8,10,16H,3-4,7,9H2,1-2H3,(H,17,18). The molecule has 0 radical (unpaired) electrons. The van der Waals surface area contributed by atoms with Crippen molar-refractivity contribution in [2.24, 2.45) is 0 Å². The van der Waals surface area contributed by atoms with Crippen molar-refractivity contribution in [1.29, 1.82) is 0 Å². The van der Waals surface area contributed by atoms with Crippen LogP contribution in [-0.2, 0) is 0 Å². The molecule has 1 N–H and O–H groups in total. The first-order valence-corrected chi connectivity index (χ1v) is 7.54. The van der Waals surface area contributed by atoms with Crippen LogP contribution in [0.1, 0.15) is 23.5 Å². The number of amides is 1. The van der Waals surface area contributed by atoms with Crippen LogP contribution in [0.4, 0.5) is 0 Å². The quantitative estimate of drug-likeness (QED) is 0.878. The Hall–Kier alpha value is -1.98. The van der Waals surface area contributed by atoms with Crippen molar-refractivity contribution >= 4 is 24.2 Å². The van der Waals surface area contributed by atoms with E-state index in [2.05, 4.69) is 16.8 Å². The van der Waals surface area contributed by atoms with Crippen LogP contribution in [0.2, 0.25) is 12.6 Å². The molecule has 0 aliphatic carbocycles. The average molecular weight is 285 g/mol. The van der Waals surface area contributed by atoms with Gasteiger partial charge in [0, 0.05) is 19.2 Å². The number of benzene rings is 1. The van der Waals surface area contributed by atoms with E-state index in [1.165, 1.54) is 6.42 Å². The van der Waals surface area contributed by atoms with Gasteiger partial charge in [0.25, 0.3) is 5.91 Å². The first-order chi connectivity index (χ1) is 10.2. The van der Waals surface area contributed by atoms with E-state index < -0.39 is 0 Å². The third-order valence-corrected chi connectivity index (χ3v) is 4.28. The maximum atomic E-state index is 12.6. The minimum Gasteiger partial charge on any atom is -0.497 e. The molecule has 1 unspecified atom stereocenters. The normalized spacial score (nSPS) is 18.8. The van der Waals surface area contributed by atoms with Crippen molar-refractivity contribution in [2.45, 2.75) is 25.5 Å². The Morgan fingerprint density at radius 2 is 2.38 bits per heavy atom. The topological polar surface area (TPSA) is 58.2 Å². The number of aromatic amines is 1. The van der Waals surface area contributed by atoms with E-state index in [1.54, 1.807) is 7.11 Å². The minimum absolute atomic E-state index is 0.00307. The van der Waals surface area contributed by atoms with Gasteiger partial charge in [-0.2, -0.15) is 0 Å². The second-order valence-electron chi connectivity index (χ2n) is 5.64. The van der Waals surface area contributed by atoms with E-state index in [0.717, 1.165) is 43.6 Å². The Morgan fingerprint density at radius 1 is 1.52 bits per heavy atom. The van der Waals surface area contributed by atoms with Gasteiger partial charge in [0.2, 0.25) is 0 Å². The number of nitrogens with zero attached hydrogens (tertiary/aromatic N) is 2. The number of methoxy groups -OCH3 is 1. The summed E-state index contributed by atoms with van der Waals surface area (Å²) >= 11 is 0. The largest absolute Gasteiger partial charge is 0.497 e. The van der Waals surface area contributed by atoms with E-state index in [-0.39, 0.29) is 5.91 Å². The third-order valence-electron chi connectivity index (χ3n) is 4.28. The second-order valence-corrected chi connectivity index (χ2v) is 5.64. The fourth-order valence-electron chi connectivity index (χ4n) is 2.95. The van der Waals surface area contributed by atoms with E-state index in [0.29, 0.717) is 11.6 Å². The van der Waals surface area contributed by atoms with Crippen molar-refractivity contribution in [3.8, 4) is 5.75 Å². The molecule has 1 aromatic carbocycles. The molecule has 1 saturated heterocycles. The molecule has 1 aromatic heterocycles. The smallest absolute Gasteiger partial charge is 0.289 e. The number of likely N-dealkylation sites (tertiary alicyclic amines) is 1. The molecule has 1 amide bonds. The molecule has 0 saturated carbocycles. The maximum Gasteiger partial charge on any atom is 0.289 e. The van der Waals surface area contributed by atoms with Gasteiger partial charge < -0.3 is 14.6 Å². The molecule has 1 fully saturated rings. The Kier molecular flexibility index (Phi) is 3.86. The van der Waals surface area contributed by atoms with E-state index in [1.807, 2.05) is 23.1 Å². The summed E-state index contributed by atoms with van der Waals surface area (Å²) in [5.74, 6) is 1.79. The van der Waals surface area contributed by atoms with Crippen LogP contribution in [0.15, 0.2) is 18.2 Å². The molecule has 0 spiro atoms. The molecule has 0 bridgehead atoms. The van der Waals surface area contributed by atoms with Gasteiger partial charge in [-0.15, -0.1) is 0 Å². The highest BCUT2D eigenvalue weighted by Gasteiger charge is 2.25. The van der Waals surface area contributed by atoms with Gasteiger partial charge in [-0.1, -0.05) is 13.2 Å². The lowest BCUT2D eigenvalue weighted by Gasteiger charge is -2.31. The molecule has 21 heavy (non-hydrogen) atoms. The molecular weight excluding hydrogens is 265 g/mol. The number of imidazole rings is 1. The molecule has 1 atom stereocenters. The van der Waals surface area contributed by atoms with Crippen molar-refractivity contribution in [3.63, 3.8) is 0 Å². The molecule has 1 aliphatic rings. The summed E-state index contributed by atoms with van der Waals surface area (Å²) in [7, 11) is 2.75. The summed E-state index contributed by atoms with van der Waals surface area (Å²) in [6.07, 6.45) is 2.30. The van der Waals surface area contributed by atoms with Crippen LogP contribution in [0.25, 0.3) is 11.0 Å². The zero-order valence-corrected chi connectivity index (χ0v) is 12.6. The zero-order chi connectivity index (χ0) is 14.8. The van der Waals surface area contributed by atoms with Crippen LogP contribution in [-0.4, -0.2) is 48.3 Å². The summed E-state index contributed by atoms with van der Waals surface area (Å²) in [6, 6.07) is 5.60. The predicted molar refractivity (Wildman–Crippen MR) is 84.5 cm³/mol. The number of ether oxygens (including phenoxy) is 1. The first-order valence-electron chi connectivity index (χ1n) is 7.54. The number of rotatable bonds is 3. The molecule has 2 aromatic rings. The molecule has 5 nitrogen and oxygen atoms in total. The van der Waals surface area contributed by atoms with E-state index in [9.17, 15) is 4.79 Å². The van der Waals surface area contributed by atoms with Crippen LogP contribution in [0.3, 0.4) is 0 Å². The van der Waals surface area contributed by atoms with Gasteiger partial charge in [-0.05, 0) is 24.4 Å². The van der Waals surface area contributed by atoms with Crippen molar-refractivity contribution in [3.05, 3.63) is 24.0 Å². The second kappa shape index (κ2) is 5.80. The summed E-state index contributed by atoms with van der Waals surface area (Å²) in [5.41, 5.74) is 1.63. The maximum absolute atomic E-state index is 12.6. The number of H-pyrrole nitrogens is 1. The first kappa shape index (κ1) is 14.0. The monoisotopic (exact) mass is 285 g/mol. The third kappa shape index (κ3) is 2.75. The van der Waals surface area contributed by atoms with Crippen LogP contribution >= 0.6 is 0 Å². The highest BCUT2D eigenvalue weighted by atomic mass is 16.5. The SMILES string of the molecule is CBC1CCCN(C(=O)c2nc3cc(OC)ccc3[nH]2)C1. The Morgan fingerprint density at radius 3 is 3.14 bits per heavy atom. The van der Waals surface area contributed by atoms with Gasteiger partial charge in [0.15, 0.2) is 5.82 Å². The fourth-order valence-corrected chi connectivity index (χ4v) is 2.95. The molecule has 3 rings (SSSR count). The number of fused-ring (bicyclic) bond motifs is 1. The van der Waals surface area contributed by atoms with Gasteiger partial charge >= 0.3 is 0 Å². The Bertz CT molecular complexity index is 655. The van der Waals surface area contributed by atoms with E-state index in [4.69, 9.17) is 4.74 Å². The highest BCUT2D eigenvalue weighted by molar-refractivity contribution is 6.35. The van der Waals surface area contributed by atoms with Crippen LogP contribution < -0.4 is 4.74 Å². The number of hydrogen-bond acceptors (Lipinski definition) is 3.